The van der Waals surface area contributed by atoms with E-state index in [9.17, 15) is 27.6 Å². The smallest absolute Gasteiger partial charge is 0.308 e. The zero-order valence-electron chi connectivity index (χ0n) is 20.1. The number of carbonyl (C=O) groups is 4. The number of imide groups is 1. The molecule has 3 aromatic rings. The van der Waals surface area contributed by atoms with Crippen molar-refractivity contribution in [2.24, 2.45) is 0 Å². The maximum Gasteiger partial charge on any atom is 0.308 e. The number of aryl methyl sites for hydroxylation is 1. The van der Waals surface area contributed by atoms with Crippen LogP contribution in [0.25, 0.3) is 0 Å². The number of hydrogen-bond acceptors (Lipinski definition) is 8. The Hall–Kier alpha value is -4.51. The largest absolute Gasteiger partial charge is 0.423 e. The summed E-state index contributed by atoms with van der Waals surface area (Å²) in [6, 6.07) is 14.7. The summed E-state index contributed by atoms with van der Waals surface area (Å²) in [5.74, 6) is -2.47. The number of carbonyl (C=O) groups excluding carboxylic acids is 4. The van der Waals surface area contributed by atoms with Crippen molar-refractivity contribution in [3.8, 4) is 11.5 Å². The number of nitrogens with zero attached hydrogens (tertiary/aromatic N) is 1. The summed E-state index contributed by atoms with van der Waals surface area (Å²) in [7, 11) is -3.91. The molecule has 0 aromatic heterocycles. The van der Waals surface area contributed by atoms with Gasteiger partial charge in [-0.25, -0.2) is 8.42 Å². The maximum absolute atomic E-state index is 13.1. The molecule has 0 fully saturated rings. The van der Waals surface area contributed by atoms with Gasteiger partial charge in [-0.05, 0) is 55.0 Å². The quantitative estimate of drug-likeness (QED) is 0.283. The van der Waals surface area contributed by atoms with Crippen LogP contribution >= 0.6 is 0 Å². The summed E-state index contributed by atoms with van der Waals surface area (Å²) in [4.78, 5) is 49.9. The fourth-order valence-corrected chi connectivity index (χ4v) is 4.79. The molecule has 1 N–H and O–H groups in total. The van der Waals surface area contributed by atoms with E-state index in [-0.39, 0.29) is 39.8 Å². The molecule has 190 valence electrons. The Labute approximate surface area is 212 Å². The van der Waals surface area contributed by atoms with E-state index in [0.29, 0.717) is 5.56 Å². The minimum Gasteiger partial charge on any atom is -0.423 e. The zero-order chi connectivity index (χ0) is 26.9. The SMILES string of the molecule is CC(=O)Oc1ccc(CN2C(=O)c3ccc(NS(=O)(=O)c4ccc(C)cc4)cc3C2=O)cc1OC(C)=O. The third-order valence-electron chi connectivity index (χ3n) is 5.41. The van der Waals surface area contributed by atoms with Crippen LogP contribution in [0.1, 0.15) is 45.7 Å². The van der Waals surface area contributed by atoms with Gasteiger partial charge in [0, 0.05) is 19.5 Å². The van der Waals surface area contributed by atoms with Crippen molar-refractivity contribution in [2.75, 3.05) is 4.72 Å². The average molecular weight is 523 g/mol. The molecule has 11 heteroatoms. The summed E-state index contributed by atoms with van der Waals surface area (Å²) in [5, 5.41) is 0. The van der Waals surface area contributed by atoms with Gasteiger partial charge < -0.3 is 9.47 Å². The van der Waals surface area contributed by atoms with Crippen LogP contribution in [0.2, 0.25) is 0 Å². The molecule has 4 rings (SSSR count). The van der Waals surface area contributed by atoms with Gasteiger partial charge in [-0.2, -0.15) is 0 Å². The minimum atomic E-state index is -3.91. The van der Waals surface area contributed by atoms with Crippen LogP contribution in [-0.2, 0) is 26.2 Å². The van der Waals surface area contributed by atoms with Gasteiger partial charge >= 0.3 is 11.9 Å². The van der Waals surface area contributed by atoms with E-state index in [1.807, 2.05) is 6.92 Å². The topological polar surface area (TPSA) is 136 Å². The lowest BCUT2D eigenvalue weighted by Crippen LogP contribution is -2.29. The van der Waals surface area contributed by atoms with Gasteiger partial charge in [0.15, 0.2) is 11.5 Å². The predicted molar refractivity (Wildman–Crippen MR) is 132 cm³/mol. The van der Waals surface area contributed by atoms with Crippen LogP contribution in [0.15, 0.2) is 65.6 Å². The molecule has 37 heavy (non-hydrogen) atoms. The number of amides is 2. The van der Waals surface area contributed by atoms with Crippen molar-refractivity contribution in [3.63, 3.8) is 0 Å². The summed E-state index contributed by atoms with van der Waals surface area (Å²) >= 11 is 0. The normalized spacial score (nSPS) is 12.8. The molecular weight excluding hydrogens is 500 g/mol. The molecule has 0 unspecified atom stereocenters. The molecule has 0 spiro atoms. The summed E-state index contributed by atoms with van der Waals surface area (Å²) < 4.78 is 38.0. The number of nitrogens with one attached hydrogen (secondary N) is 1. The first-order valence-electron chi connectivity index (χ1n) is 11.0. The molecule has 1 heterocycles. The number of sulfonamides is 1. The van der Waals surface area contributed by atoms with Crippen molar-refractivity contribution in [2.45, 2.75) is 32.2 Å². The first kappa shape index (κ1) is 25.6. The van der Waals surface area contributed by atoms with Crippen LogP contribution in [0.4, 0.5) is 5.69 Å². The highest BCUT2D eigenvalue weighted by molar-refractivity contribution is 7.92. The van der Waals surface area contributed by atoms with Crippen molar-refractivity contribution in [1.82, 2.24) is 4.90 Å². The Morgan fingerprint density at radius 3 is 2.08 bits per heavy atom. The van der Waals surface area contributed by atoms with Crippen molar-refractivity contribution < 1.29 is 37.1 Å². The zero-order valence-corrected chi connectivity index (χ0v) is 20.9. The minimum absolute atomic E-state index is 0.0133. The number of benzene rings is 3. The Bertz CT molecular complexity index is 1550. The highest BCUT2D eigenvalue weighted by Crippen LogP contribution is 2.32. The fourth-order valence-electron chi connectivity index (χ4n) is 3.74. The third kappa shape index (κ3) is 5.51. The van der Waals surface area contributed by atoms with Gasteiger partial charge in [-0.3, -0.25) is 28.8 Å². The molecule has 0 aliphatic carbocycles. The molecule has 0 bridgehead atoms. The van der Waals surface area contributed by atoms with Gasteiger partial charge in [0.05, 0.1) is 22.6 Å². The summed E-state index contributed by atoms with van der Waals surface area (Å²) in [6.07, 6.45) is 0. The average Bonchev–Trinajstić information content (AvgIpc) is 3.04. The van der Waals surface area contributed by atoms with Gasteiger partial charge in [0.1, 0.15) is 0 Å². The fraction of sp³-hybridized carbons (Fsp3) is 0.154. The first-order valence-corrected chi connectivity index (χ1v) is 12.5. The second kappa shape index (κ2) is 9.86. The number of hydrogen-bond donors (Lipinski definition) is 1. The molecule has 0 atom stereocenters. The number of anilines is 1. The Balaban J connectivity index is 1.57. The van der Waals surface area contributed by atoms with E-state index in [2.05, 4.69) is 4.72 Å². The molecule has 0 saturated carbocycles. The summed E-state index contributed by atoms with van der Waals surface area (Å²) in [6.45, 7) is 4.05. The van der Waals surface area contributed by atoms with Crippen LogP contribution in [0.3, 0.4) is 0 Å². The van der Waals surface area contributed by atoms with Gasteiger partial charge in [0.2, 0.25) is 0 Å². The monoisotopic (exact) mass is 522 g/mol. The van der Waals surface area contributed by atoms with E-state index in [1.165, 1.54) is 62.4 Å². The van der Waals surface area contributed by atoms with Gasteiger partial charge in [-0.15, -0.1) is 0 Å². The molecule has 10 nitrogen and oxygen atoms in total. The standard InChI is InChI=1S/C26H22N2O8S/c1-15-4-8-20(9-5-15)37(33,34)27-19-7-10-21-22(13-19)26(32)28(25(21)31)14-18-6-11-23(35-16(2)29)24(12-18)36-17(3)30/h4-13,27H,14H2,1-3H3. The Morgan fingerprint density at radius 1 is 0.811 bits per heavy atom. The molecule has 1 aliphatic heterocycles. The number of ether oxygens (including phenoxy) is 2. The molecule has 0 radical (unpaired) electrons. The van der Waals surface area contributed by atoms with Gasteiger partial charge in [-0.1, -0.05) is 23.8 Å². The predicted octanol–water partition coefficient (Wildman–Crippen LogP) is 3.44. The van der Waals surface area contributed by atoms with Crippen LogP contribution < -0.4 is 14.2 Å². The van der Waals surface area contributed by atoms with Crippen LogP contribution in [0, 0.1) is 6.92 Å². The first-order chi connectivity index (χ1) is 17.4. The molecular formula is C26H22N2O8S. The lowest BCUT2D eigenvalue weighted by molar-refractivity contribution is -0.134. The van der Waals surface area contributed by atoms with E-state index in [0.717, 1.165) is 10.5 Å². The maximum atomic E-state index is 13.1. The van der Waals surface area contributed by atoms with E-state index >= 15 is 0 Å². The molecule has 2 amide bonds. The summed E-state index contributed by atoms with van der Waals surface area (Å²) in [5.41, 5.74) is 1.64. The van der Waals surface area contributed by atoms with Crippen molar-refractivity contribution in [3.05, 3.63) is 82.9 Å². The second-order valence-corrected chi connectivity index (χ2v) is 10.0. The van der Waals surface area contributed by atoms with Crippen LogP contribution in [0.5, 0.6) is 11.5 Å². The molecule has 1 aliphatic rings. The van der Waals surface area contributed by atoms with E-state index < -0.39 is 33.8 Å². The molecule has 0 saturated heterocycles. The van der Waals surface area contributed by atoms with E-state index in [4.69, 9.17) is 9.47 Å². The second-order valence-electron chi connectivity index (χ2n) is 8.34. The third-order valence-corrected chi connectivity index (χ3v) is 6.81. The highest BCUT2D eigenvalue weighted by Gasteiger charge is 2.36. The number of rotatable bonds is 7. The number of fused-ring (bicyclic) bond motifs is 1. The van der Waals surface area contributed by atoms with Crippen molar-refractivity contribution >= 4 is 39.5 Å². The Kier molecular flexibility index (Phi) is 6.82. The molecule has 3 aromatic carbocycles. The number of esters is 2. The van der Waals surface area contributed by atoms with Gasteiger partial charge in [0.25, 0.3) is 21.8 Å². The Morgan fingerprint density at radius 2 is 1.43 bits per heavy atom. The van der Waals surface area contributed by atoms with Crippen molar-refractivity contribution in [1.29, 1.82) is 0 Å². The highest BCUT2D eigenvalue weighted by atomic mass is 32.2. The van der Waals surface area contributed by atoms with E-state index in [1.54, 1.807) is 12.1 Å². The van der Waals surface area contributed by atoms with Crippen LogP contribution in [-0.4, -0.2) is 37.1 Å². The lowest BCUT2D eigenvalue weighted by Gasteiger charge is -2.15. The lowest BCUT2D eigenvalue weighted by atomic mass is 10.1.